The number of anilines is 1. The average molecular weight is 379 g/mol. The number of carbonyl (C=O) groups excluding carboxylic acids is 1. The second-order valence-electron chi connectivity index (χ2n) is 5.40. The van der Waals surface area contributed by atoms with E-state index in [1.807, 2.05) is 30.3 Å². The summed E-state index contributed by atoms with van der Waals surface area (Å²) in [5, 5.41) is 10.1. The minimum Gasteiger partial charge on any atom is -0.461 e. The minimum atomic E-state index is -0.476. The summed E-state index contributed by atoms with van der Waals surface area (Å²) >= 11 is 12.1. The summed E-state index contributed by atoms with van der Waals surface area (Å²) in [5.74, 6) is 0.140. The van der Waals surface area contributed by atoms with Crippen LogP contribution in [0.4, 0.5) is 5.69 Å². The molecule has 7 heteroatoms. The molecule has 3 rings (SSSR count). The molecule has 0 radical (unpaired) electrons. The molecule has 0 saturated heterocycles. The Bertz CT molecular complexity index is 908. The second kappa shape index (κ2) is 7.76. The van der Waals surface area contributed by atoms with Gasteiger partial charge in [-0.25, -0.2) is 4.79 Å². The van der Waals surface area contributed by atoms with Gasteiger partial charge in [-0.05, 0) is 42.0 Å². The van der Waals surface area contributed by atoms with Crippen molar-refractivity contribution in [2.24, 2.45) is 0 Å². The number of benzene rings is 2. The number of nitrogens with zero attached hydrogens (tertiary/aromatic N) is 1. The number of aromatic nitrogens is 1. The molecule has 0 spiro atoms. The van der Waals surface area contributed by atoms with E-state index in [4.69, 9.17) is 32.5 Å². The highest BCUT2D eigenvalue weighted by Gasteiger charge is 2.13. The van der Waals surface area contributed by atoms with Crippen LogP contribution in [-0.2, 0) is 11.2 Å². The first-order chi connectivity index (χ1) is 12.1. The summed E-state index contributed by atoms with van der Waals surface area (Å²) < 4.78 is 10.0. The maximum absolute atomic E-state index is 11.5. The Morgan fingerprint density at radius 3 is 2.68 bits per heavy atom. The maximum atomic E-state index is 11.5. The van der Waals surface area contributed by atoms with Crippen LogP contribution < -0.4 is 5.32 Å². The molecule has 1 aromatic heterocycles. The molecular formula is C18H16Cl2N2O3. The molecule has 0 unspecified atom stereocenters. The van der Waals surface area contributed by atoms with E-state index in [9.17, 15) is 4.79 Å². The second-order valence-corrected chi connectivity index (χ2v) is 6.22. The van der Waals surface area contributed by atoms with Crippen molar-refractivity contribution < 1.29 is 14.1 Å². The molecule has 1 heterocycles. The fraction of sp³-hybridized carbons (Fsp3) is 0.222. The highest BCUT2D eigenvalue weighted by Crippen LogP contribution is 2.29. The molecule has 0 aliphatic rings. The van der Waals surface area contributed by atoms with Gasteiger partial charge in [0.25, 0.3) is 0 Å². The summed E-state index contributed by atoms with van der Waals surface area (Å²) in [5.41, 5.74) is 1.14. The molecule has 25 heavy (non-hydrogen) atoms. The van der Waals surface area contributed by atoms with Gasteiger partial charge in [-0.3, -0.25) is 0 Å². The van der Waals surface area contributed by atoms with E-state index in [0.717, 1.165) is 16.5 Å². The van der Waals surface area contributed by atoms with E-state index in [1.165, 1.54) is 0 Å². The predicted molar refractivity (Wildman–Crippen MR) is 98.6 cm³/mol. The van der Waals surface area contributed by atoms with Crippen molar-refractivity contribution in [1.82, 2.24) is 5.16 Å². The van der Waals surface area contributed by atoms with Crippen LogP contribution in [0.25, 0.3) is 10.8 Å². The van der Waals surface area contributed by atoms with E-state index in [-0.39, 0.29) is 5.69 Å². The monoisotopic (exact) mass is 378 g/mol. The van der Waals surface area contributed by atoms with E-state index in [0.29, 0.717) is 35.4 Å². The predicted octanol–water partition coefficient (Wildman–Crippen LogP) is 4.97. The topological polar surface area (TPSA) is 64.4 Å². The van der Waals surface area contributed by atoms with Crippen LogP contribution in [0.2, 0.25) is 10.0 Å². The van der Waals surface area contributed by atoms with Crippen LogP contribution in [0.5, 0.6) is 0 Å². The zero-order valence-electron chi connectivity index (χ0n) is 13.5. The Balaban J connectivity index is 1.61. The molecule has 0 saturated carbocycles. The van der Waals surface area contributed by atoms with Crippen molar-refractivity contribution >= 4 is 45.6 Å². The summed E-state index contributed by atoms with van der Waals surface area (Å²) in [4.78, 5) is 11.5. The smallest absolute Gasteiger partial charge is 0.360 e. The van der Waals surface area contributed by atoms with Crippen LogP contribution >= 0.6 is 23.2 Å². The van der Waals surface area contributed by atoms with Gasteiger partial charge < -0.3 is 14.6 Å². The molecule has 5 nitrogen and oxygen atoms in total. The lowest BCUT2D eigenvalue weighted by Gasteiger charge is -2.07. The molecule has 0 aliphatic carbocycles. The quantitative estimate of drug-likeness (QED) is 0.613. The van der Waals surface area contributed by atoms with Crippen LogP contribution in [0.15, 0.2) is 40.9 Å². The van der Waals surface area contributed by atoms with Crippen molar-refractivity contribution in [2.75, 3.05) is 18.5 Å². The van der Waals surface area contributed by atoms with Crippen LogP contribution in [0.1, 0.15) is 23.2 Å². The van der Waals surface area contributed by atoms with E-state index < -0.39 is 5.97 Å². The Morgan fingerprint density at radius 1 is 1.16 bits per heavy atom. The maximum Gasteiger partial charge on any atom is 0.360 e. The minimum absolute atomic E-state index is 0.189. The Kier molecular flexibility index (Phi) is 5.46. The van der Waals surface area contributed by atoms with Gasteiger partial charge in [-0.2, -0.15) is 0 Å². The Labute approximate surface area is 154 Å². The fourth-order valence-electron chi connectivity index (χ4n) is 2.41. The van der Waals surface area contributed by atoms with Gasteiger partial charge in [0.1, 0.15) is 5.76 Å². The molecule has 0 fully saturated rings. The SMILES string of the molecule is CCOC(=O)c1cc(CCNc2ccc3cc(Cl)c(Cl)cc3c2)on1. The molecule has 1 N–H and O–H groups in total. The third kappa shape index (κ3) is 4.24. The van der Waals surface area contributed by atoms with Crippen molar-refractivity contribution in [2.45, 2.75) is 13.3 Å². The number of hydrogen-bond acceptors (Lipinski definition) is 5. The van der Waals surface area contributed by atoms with Crippen molar-refractivity contribution in [3.05, 3.63) is 57.9 Å². The Morgan fingerprint density at radius 2 is 1.92 bits per heavy atom. The standard InChI is InChI=1S/C18H16Cl2N2O3/c1-2-24-18(23)17-10-14(25-22-17)5-6-21-13-4-3-11-8-15(19)16(20)9-12(11)7-13/h3-4,7-10,21H,2,5-6H2,1H3. The van der Waals surface area contributed by atoms with Gasteiger partial charge in [-0.15, -0.1) is 0 Å². The summed E-state index contributed by atoms with van der Waals surface area (Å²) in [6.07, 6.45) is 0.589. The lowest BCUT2D eigenvalue weighted by atomic mass is 10.1. The normalized spacial score (nSPS) is 10.8. The zero-order valence-corrected chi connectivity index (χ0v) is 15.0. The highest BCUT2D eigenvalue weighted by molar-refractivity contribution is 6.42. The number of nitrogens with one attached hydrogen (secondary N) is 1. The Hall–Kier alpha value is -2.24. The highest BCUT2D eigenvalue weighted by atomic mass is 35.5. The summed E-state index contributed by atoms with van der Waals surface area (Å²) in [7, 11) is 0. The van der Waals surface area contributed by atoms with Gasteiger partial charge in [0.15, 0.2) is 5.69 Å². The van der Waals surface area contributed by atoms with Gasteiger partial charge in [0.2, 0.25) is 0 Å². The summed E-state index contributed by atoms with van der Waals surface area (Å²) in [6.45, 7) is 2.68. The molecule has 2 aromatic carbocycles. The average Bonchev–Trinajstić information content (AvgIpc) is 3.05. The van der Waals surface area contributed by atoms with Gasteiger partial charge in [0, 0.05) is 24.7 Å². The van der Waals surface area contributed by atoms with Crippen molar-refractivity contribution in [3.8, 4) is 0 Å². The lowest BCUT2D eigenvalue weighted by molar-refractivity contribution is 0.0514. The van der Waals surface area contributed by atoms with E-state index >= 15 is 0 Å². The third-order valence-electron chi connectivity index (χ3n) is 3.62. The van der Waals surface area contributed by atoms with Crippen LogP contribution in [0.3, 0.4) is 0 Å². The molecular weight excluding hydrogens is 363 g/mol. The first-order valence-electron chi connectivity index (χ1n) is 7.82. The third-order valence-corrected chi connectivity index (χ3v) is 4.35. The van der Waals surface area contributed by atoms with Crippen molar-refractivity contribution in [3.63, 3.8) is 0 Å². The molecule has 0 aliphatic heterocycles. The fourth-order valence-corrected chi connectivity index (χ4v) is 2.76. The molecule has 0 atom stereocenters. The number of esters is 1. The van der Waals surface area contributed by atoms with Crippen LogP contribution in [-0.4, -0.2) is 24.3 Å². The van der Waals surface area contributed by atoms with Gasteiger partial charge in [0.05, 0.1) is 16.7 Å². The first kappa shape index (κ1) is 17.6. The van der Waals surface area contributed by atoms with Gasteiger partial charge >= 0.3 is 5.97 Å². The molecule has 130 valence electrons. The number of carbonyl (C=O) groups is 1. The number of rotatable bonds is 6. The lowest BCUT2D eigenvalue weighted by Crippen LogP contribution is -2.05. The number of hydrogen-bond donors (Lipinski definition) is 1. The first-order valence-corrected chi connectivity index (χ1v) is 8.58. The number of halogens is 2. The van der Waals surface area contributed by atoms with E-state index in [2.05, 4.69) is 10.5 Å². The van der Waals surface area contributed by atoms with E-state index in [1.54, 1.807) is 13.0 Å². The number of fused-ring (bicyclic) bond motifs is 1. The van der Waals surface area contributed by atoms with Crippen molar-refractivity contribution in [1.29, 1.82) is 0 Å². The largest absolute Gasteiger partial charge is 0.461 e. The molecule has 3 aromatic rings. The van der Waals surface area contributed by atoms with Gasteiger partial charge in [-0.1, -0.05) is 34.4 Å². The van der Waals surface area contributed by atoms with Crippen LogP contribution in [0, 0.1) is 0 Å². The summed E-state index contributed by atoms with van der Waals surface area (Å²) in [6, 6.07) is 11.2. The number of ether oxygens (including phenoxy) is 1. The molecule has 0 amide bonds. The molecule has 0 bridgehead atoms. The zero-order chi connectivity index (χ0) is 17.8.